The molecule has 0 saturated carbocycles. The Hall–Kier alpha value is -3.03. The molecule has 1 aliphatic rings. The molecule has 4 aromatic rings. The summed E-state index contributed by atoms with van der Waals surface area (Å²) in [5, 5.41) is 7.93. The quantitative estimate of drug-likeness (QED) is 0.529. The number of fused-ring (bicyclic) bond motifs is 1. The van der Waals surface area contributed by atoms with E-state index in [2.05, 4.69) is 39.7 Å². The molecular formula is C24H24N4O2S. The van der Waals surface area contributed by atoms with Crippen molar-refractivity contribution in [3.05, 3.63) is 72.7 Å². The number of piperidine rings is 1. The summed E-state index contributed by atoms with van der Waals surface area (Å²) in [6.07, 6.45) is 9.20. The second kappa shape index (κ2) is 7.90. The fraction of sp³-hybridized carbons (Fsp3) is 0.250. The SMILES string of the molecule is CS(=O)(=O)c1cccc(-c2cnn3cc(-c4ccc(C5CCCNC5)cc4)cnc23)c1. The summed E-state index contributed by atoms with van der Waals surface area (Å²) in [4.78, 5) is 4.93. The third-order valence-corrected chi connectivity index (χ3v) is 7.05. The molecule has 0 bridgehead atoms. The van der Waals surface area contributed by atoms with Crippen molar-refractivity contribution in [2.75, 3.05) is 19.3 Å². The Labute approximate surface area is 181 Å². The van der Waals surface area contributed by atoms with E-state index in [1.54, 1.807) is 28.9 Å². The topological polar surface area (TPSA) is 76.4 Å². The first-order valence-corrected chi connectivity index (χ1v) is 12.3. The van der Waals surface area contributed by atoms with Crippen LogP contribution in [-0.4, -0.2) is 42.4 Å². The first-order chi connectivity index (χ1) is 15.0. The predicted molar refractivity (Wildman–Crippen MR) is 122 cm³/mol. The molecule has 158 valence electrons. The van der Waals surface area contributed by atoms with Gasteiger partial charge in [-0.05, 0) is 54.1 Å². The standard InChI is InChI=1S/C24H24N4O2S/c1-31(29,30)22-6-2-4-19(12-22)23-15-27-28-16-21(14-26-24(23)28)18-9-7-17(8-10-18)20-5-3-11-25-13-20/h2,4,6-10,12,14-16,20,25H,3,5,11,13H2,1H3. The summed E-state index contributed by atoms with van der Waals surface area (Å²) in [5.74, 6) is 0.583. The van der Waals surface area contributed by atoms with Crippen LogP contribution in [0.4, 0.5) is 0 Å². The average molecular weight is 433 g/mol. The van der Waals surface area contributed by atoms with E-state index in [1.807, 2.05) is 18.5 Å². The molecule has 2 aromatic heterocycles. The first-order valence-electron chi connectivity index (χ1n) is 10.4. The van der Waals surface area contributed by atoms with Crippen molar-refractivity contribution in [2.24, 2.45) is 0 Å². The van der Waals surface area contributed by atoms with Crippen molar-refractivity contribution in [1.82, 2.24) is 19.9 Å². The molecule has 1 saturated heterocycles. The molecule has 0 aliphatic carbocycles. The average Bonchev–Trinajstić information content (AvgIpc) is 3.23. The Morgan fingerprint density at radius 3 is 2.61 bits per heavy atom. The highest BCUT2D eigenvalue weighted by atomic mass is 32.2. The van der Waals surface area contributed by atoms with Crippen molar-refractivity contribution in [1.29, 1.82) is 0 Å². The summed E-state index contributed by atoms with van der Waals surface area (Å²) in [6, 6.07) is 15.6. The normalized spacial score (nSPS) is 17.1. The molecule has 1 N–H and O–H groups in total. The van der Waals surface area contributed by atoms with Crippen molar-refractivity contribution < 1.29 is 8.42 Å². The van der Waals surface area contributed by atoms with Crippen molar-refractivity contribution in [3.63, 3.8) is 0 Å². The first kappa shape index (κ1) is 19.9. The van der Waals surface area contributed by atoms with Gasteiger partial charge in [-0.25, -0.2) is 17.9 Å². The Morgan fingerprint density at radius 1 is 1.03 bits per heavy atom. The minimum absolute atomic E-state index is 0.286. The molecule has 1 atom stereocenters. The molecule has 31 heavy (non-hydrogen) atoms. The van der Waals surface area contributed by atoms with Crippen LogP contribution in [0.5, 0.6) is 0 Å². The van der Waals surface area contributed by atoms with E-state index in [9.17, 15) is 8.42 Å². The van der Waals surface area contributed by atoms with Gasteiger partial charge in [-0.15, -0.1) is 0 Å². The van der Waals surface area contributed by atoms with Gasteiger partial charge >= 0.3 is 0 Å². The zero-order valence-corrected chi connectivity index (χ0v) is 18.1. The second-order valence-corrected chi connectivity index (χ2v) is 10.2. The lowest BCUT2D eigenvalue weighted by molar-refractivity contribution is 0.461. The highest BCUT2D eigenvalue weighted by Gasteiger charge is 2.16. The van der Waals surface area contributed by atoms with Gasteiger partial charge in [0.15, 0.2) is 15.5 Å². The fourth-order valence-corrected chi connectivity index (χ4v) is 4.87. The minimum Gasteiger partial charge on any atom is -0.316 e. The van der Waals surface area contributed by atoms with E-state index >= 15 is 0 Å². The number of benzene rings is 2. The molecule has 1 aliphatic heterocycles. The van der Waals surface area contributed by atoms with Crippen LogP contribution in [0.15, 0.2) is 72.0 Å². The number of sulfone groups is 1. The van der Waals surface area contributed by atoms with E-state index in [4.69, 9.17) is 0 Å². The maximum atomic E-state index is 11.9. The Kier molecular flexibility index (Phi) is 5.08. The molecule has 3 heterocycles. The van der Waals surface area contributed by atoms with Gasteiger partial charge < -0.3 is 5.32 Å². The summed E-state index contributed by atoms with van der Waals surface area (Å²) < 4.78 is 25.6. The van der Waals surface area contributed by atoms with Crippen LogP contribution in [0.2, 0.25) is 0 Å². The van der Waals surface area contributed by atoms with Crippen molar-refractivity contribution in [2.45, 2.75) is 23.7 Å². The maximum absolute atomic E-state index is 11.9. The van der Waals surface area contributed by atoms with Crippen molar-refractivity contribution in [3.8, 4) is 22.3 Å². The molecule has 1 fully saturated rings. The molecule has 0 amide bonds. The molecule has 1 unspecified atom stereocenters. The monoisotopic (exact) mass is 432 g/mol. The minimum atomic E-state index is -3.28. The van der Waals surface area contributed by atoms with E-state index < -0.39 is 9.84 Å². The highest BCUT2D eigenvalue weighted by Crippen LogP contribution is 2.29. The van der Waals surface area contributed by atoms with Crippen LogP contribution in [0, 0.1) is 0 Å². The van der Waals surface area contributed by atoms with Gasteiger partial charge in [0.25, 0.3) is 0 Å². The number of nitrogens with zero attached hydrogens (tertiary/aromatic N) is 3. The summed E-state index contributed by atoms with van der Waals surface area (Å²) in [6.45, 7) is 2.16. The van der Waals surface area contributed by atoms with Gasteiger partial charge in [0.05, 0.1) is 11.1 Å². The van der Waals surface area contributed by atoms with Crippen molar-refractivity contribution >= 4 is 15.5 Å². The zero-order chi connectivity index (χ0) is 21.4. The number of nitrogens with one attached hydrogen (secondary N) is 1. The van der Waals surface area contributed by atoms with Crippen LogP contribution < -0.4 is 5.32 Å². The van der Waals surface area contributed by atoms with Gasteiger partial charge in [-0.2, -0.15) is 5.10 Å². The van der Waals surface area contributed by atoms with Gasteiger partial charge in [-0.3, -0.25) is 0 Å². The van der Waals surface area contributed by atoms with Gasteiger partial charge in [-0.1, -0.05) is 36.4 Å². The smallest absolute Gasteiger partial charge is 0.175 e. The molecular weight excluding hydrogens is 408 g/mol. The molecule has 6 nitrogen and oxygen atoms in total. The zero-order valence-electron chi connectivity index (χ0n) is 17.3. The van der Waals surface area contributed by atoms with Gasteiger partial charge in [0, 0.05) is 36.3 Å². The summed E-state index contributed by atoms with van der Waals surface area (Å²) in [7, 11) is -3.28. The molecule has 0 spiro atoms. The van der Waals surface area contributed by atoms with Crippen LogP contribution >= 0.6 is 0 Å². The predicted octanol–water partition coefficient (Wildman–Crippen LogP) is 3.93. The second-order valence-electron chi connectivity index (χ2n) is 8.13. The van der Waals surface area contributed by atoms with E-state index in [1.165, 1.54) is 24.7 Å². The molecule has 5 rings (SSSR count). The number of aromatic nitrogens is 3. The fourth-order valence-electron chi connectivity index (χ4n) is 4.21. The highest BCUT2D eigenvalue weighted by molar-refractivity contribution is 7.90. The third kappa shape index (κ3) is 3.98. The van der Waals surface area contributed by atoms with E-state index in [0.29, 0.717) is 11.6 Å². The van der Waals surface area contributed by atoms with Crippen LogP contribution in [0.25, 0.3) is 27.9 Å². The van der Waals surface area contributed by atoms with Gasteiger partial charge in [0.1, 0.15) is 0 Å². The van der Waals surface area contributed by atoms with E-state index in [0.717, 1.165) is 35.3 Å². The van der Waals surface area contributed by atoms with Gasteiger partial charge in [0.2, 0.25) is 0 Å². The lowest BCUT2D eigenvalue weighted by Gasteiger charge is -2.23. The number of rotatable bonds is 4. The molecule has 2 aromatic carbocycles. The van der Waals surface area contributed by atoms with Crippen LogP contribution in [0.3, 0.4) is 0 Å². The molecule has 7 heteroatoms. The number of hydrogen-bond acceptors (Lipinski definition) is 5. The Balaban J connectivity index is 1.46. The van der Waals surface area contributed by atoms with Crippen LogP contribution in [-0.2, 0) is 9.84 Å². The lowest BCUT2D eigenvalue weighted by atomic mass is 9.91. The maximum Gasteiger partial charge on any atom is 0.175 e. The third-order valence-electron chi connectivity index (χ3n) is 5.94. The lowest BCUT2D eigenvalue weighted by Crippen LogP contribution is -2.28. The Morgan fingerprint density at radius 2 is 1.87 bits per heavy atom. The Bertz CT molecular complexity index is 1340. The number of hydrogen-bond donors (Lipinski definition) is 1. The van der Waals surface area contributed by atoms with E-state index in [-0.39, 0.29) is 4.90 Å². The van der Waals surface area contributed by atoms with Crippen LogP contribution in [0.1, 0.15) is 24.3 Å². The molecule has 0 radical (unpaired) electrons. The summed E-state index contributed by atoms with van der Waals surface area (Å²) >= 11 is 0. The summed E-state index contributed by atoms with van der Waals surface area (Å²) in [5.41, 5.74) is 5.73. The largest absolute Gasteiger partial charge is 0.316 e.